The summed E-state index contributed by atoms with van der Waals surface area (Å²) in [6.07, 6.45) is 2.49. The molecule has 6 nitrogen and oxygen atoms in total. The van der Waals surface area contributed by atoms with E-state index in [1.54, 1.807) is 14.1 Å². The number of carbonyl (C=O) groups excluding carboxylic acids is 1. The van der Waals surface area contributed by atoms with E-state index < -0.39 is 0 Å². The van der Waals surface area contributed by atoms with Gasteiger partial charge in [-0.25, -0.2) is 9.97 Å². The van der Waals surface area contributed by atoms with Gasteiger partial charge in [0.15, 0.2) is 16.8 Å². The molecule has 1 heterocycles. The van der Waals surface area contributed by atoms with Crippen LogP contribution >= 0.6 is 11.8 Å². The lowest BCUT2D eigenvalue weighted by molar-refractivity contribution is -0.105. The van der Waals surface area contributed by atoms with E-state index in [-0.39, 0.29) is 0 Å². The molecule has 82 valence electrons. The monoisotopic (exact) mass is 227 g/mol. The van der Waals surface area contributed by atoms with Crippen molar-refractivity contribution in [3.05, 3.63) is 0 Å². The minimum atomic E-state index is 0.549. The summed E-state index contributed by atoms with van der Waals surface area (Å²) < 4.78 is 0. The molecule has 15 heavy (non-hydrogen) atoms. The average Bonchev–Trinajstić information content (AvgIpc) is 2.29. The summed E-state index contributed by atoms with van der Waals surface area (Å²) in [5.41, 5.74) is 0.549. The quantitative estimate of drug-likeness (QED) is 0.393. The Morgan fingerprint density at radius 1 is 1.20 bits per heavy atom. The largest absolute Gasteiger partial charge is 0.371 e. The number of anilines is 3. The summed E-state index contributed by atoms with van der Waals surface area (Å²) in [4.78, 5) is 18.9. The molecule has 0 spiro atoms. The Bertz CT molecular complexity index is 332. The van der Waals surface area contributed by atoms with Crippen LogP contribution in [-0.4, -0.2) is 36.7 Å². The molecule has 0 fully saturated rings. The fourth-order valence-corrected chi connectivity index (χ4v) is 1.45. The molecule has 0 aliphatic carbocycles. The molecule has 7 heteroatoms. The summed E-state index contributed by atoms with van der Waals surface area (Å²) >= 11 is 1.44. The van der Waals surface area contributed by atoms with Gasteiger partial charge in [0.25, 0.3) is 0 Å². The lowest BCUT2D eigenvalue weighted by Gasteiger charge is -2.12. The topological polar surface area (TPSA) is 78.9 Å². The molecular weight excluding hydrogens is 214 g/mol. The van der Waals surface area contributed by atoms with Gasteiger partial charge in [0, 0.05) is 14.1 Å². The number of thioether (sulfide) groups is 1. The van der Waals surface area contributed by atoms with Crippen molar-refractivity contribution in [2.75, 3.05) is 36.3 Å². The van der Waals surface area contributed by atoms with Gasteiger partial charge in [0.2, 0.25) is 6.41 Å². The van der Waals surface area contributed by atoms with Crippen LogP contribution in [-0.2, 0) is 4.79 Å². The SMILES string of the molecule is CNc1nc(SC)nc(NC)c1NC=O. The van der Waals surface area contributed by atoms with Crippen LogP contribution in [0.5, 0.6) is 0 Å². The first-order chi connectivity index (χ1) is 7.26. The zero-order valence-electron chi connectivity index (χ0n) is 8.79. The Hall–Kier alpha value is -1.50. The summed E-state index contributed by atoms with van der Waals surface area (Å²) in [6, 6.07) is 0. The molecule has 1 rings (SSSR count). The van der Waals surface area contributed by atoms with Crippen molar-refractivity contribution in [1.29, 1.82) is 0 Å². The Morgan fingerprint density at radius 2 is 1.73 bits per heavy atom. The number of carbonyl (C=O) groups is 1. The predicted molar refractivity (Wildman–Crippen MR) is 62.6 cm³/mol. The van der Waals surface area contributed by atoms with Gasteiger partial charge in [0.05, 0.1) is 0 Å². The summed E-state index contributed by atoms with van der Waals surface area (Å²) in [7, 11) is 3.48. The first-order valence-electron chi connectivity index (χ1n) is 4.28. The number of nitrogens with one attached hydrogen (secondary N) is 3. The maximum Gasteiger partial charge on any atom is 0.211 e. The minimum absolute atomic E-state index is 0.549. The van der Waals surface area contributed by atoms with Gasteiger partial charge in [-0.3, -0.25) is 4.79 Å². The second kappa shape index (κ2) is 5.40. The zero-order chi connectivity index (χ0) is 11.3. The van der Waals surface area contributed by atoms with Gasteiger partial charge in [-0.1, -0.05) is 11.8 Å². The lowest BCUT2D eigenvalue weighted by atomic mass is 10.4. The smallest absolute Gasteiger partial charge is 0.211 e. The van der Waals surface area contributed by atoms with Gasteiger partial charge in [-0.2, -0.15) is 0 Å². The van der Waals surface area contributed by atoms with Crippen LogP contribution in [0.15, 0.2) is 5.16 Å². The first kappa shape index (κ1) is 11.6. The van der Waals surface area contributed by atoms with Gasteiger partial charge in [-0.05, 0) is 6.26 Å². The van der Waals surface area contributed by atoms with Crippen molar-refractivity contribution in [3.63, 3.8) is 0 Å². The van der Waals surface area contributed by atoms with Crippen molar-refractivity contribution >= 4 is 35.5 Å². The van der Waals surface area contributed by atoms with Crippen LogP contribution in [0.4, 0.5) is 17.3 Å². The molecule has 0 saturated heterocycles. The van der Waals surface area contributed by atoms with E-state index in [9.17, 15) is 4.79 Å². The first-order valence-corrected chi connectivity index (χ1v) is 5.51. The highest BCUT2D eigenvalue weighted by molar-refractivity contribution is 7.98. The second-order valence-electron chi connectivity index (χ2n) is 2.54. The number of aromatic nitrogens is 2. The van der Waals surface area contributed by atoms with Crippen molar-refractivity contribution in [1.82, 2.24) is 9.97 Å². The standard InChI is InChI=1S/C8H13N5OS/c1-9-6-5(11-4-14)7(10-2)13-8(12-6)15-3/h4H,1-3H3,(H,11,14)(H2,9,10,12,13). The van der Waals surface area contributed by atoms with E-state index in [0.29, 0.717) is 28.9 Å². The van der Waals surface area contributed by atoms with E-state index in [1.165, 1.54) is 11.8 Å². The minimum Gasteiger partial charge on any atom is -0.371 e. The maximum absolute atomic E-state index is 10.4. The lowest BCUT2D eigenvalue weighted by Crippen LogP contribution is -2.08. The van der Waals surface area contributed by atoms with Crippen molar-refractivity contribution in [2.45, 2.75) is 5.16 Å². The molecule has 1 aromatic heterocycles. The molecule has 0 radical (unpaired) electrons. The average molecular weight is 227 g/mol. The predicted octanol–water partition coefficient (Wildman–Crippen LogP) is 0.850. The van der Waals surface area contributed by atoms with E-state index in [1.807, 2.05) is 6.26 Å². The van der Waals surface area contributed by atoms with Gasteiger partial charge >= 0.3 is 0 Å². The summed E-state index contributed by atoms with van der Waals surface area (Å²) in [6.45, 7) is 0. The molecule has 0 atom stereocenters. The molecule has 0 saturated carbocycles. The fraction of sp³-hybridized carbons (Fsp3) is 0.375. The molecular formula is C8H13N5OS. The third-order valence-corrected chi connectivity index (χ3v) is 2.30. The summed E-state index contributed by atoms with van der Waals surface area (Å²) in [5.74, 6) is 1.18. The van der Waals surface area contributed by atoms with E-state index in [0.717, 1.165) is 0 Å². The maximum atomic E-state index is 10.4. The van der Waals surface area contributed by atoms with Crippen LogP contribution in [0.1, 0.15) is 0 Å². The van der Waals surface area contributed by atoms with Gasteiger partial charge in [0.1, 0.15) is 5.69 Å². The normalized spacial score (nSPS) is 9.53. The number of nitrogens with zero attached hydrogens (tertiary/aromatic N) is 2. The molecule has 3 N–H and O–H groups in total. The van der Waals surface area contributed by atoms with Crippen molar-refractivity contribution < 1.29 is 4.79 Å². The molecule has 0 aliphatic heterocycles. The zero-order valence-corrected chi connectivity index (χ0v) is 9.60. The Morgan fingerprint density at radius 3 is 2.07 bits per heavy atom. The van der Waals surface area contributed by atoms with Crippen LogP contribution < -0.4 is 16.0 Å². The number of rotatable bonds is 5. The van der Waals surface area contributed by atoms with E-state index in [2.05, 4.69) is 25.9 Å². The van der Waals surface area contributed by atoms with E-state index in [4.69, 9.17) is 0 Å². The van der Waals surface area contributed by atoms with Crippen molar-refractivity contribution in [3.8, 4) is 0 Å². The molecule has 0 aliphatic rings. The fourth-order valence-electron chi connectivity index (χ4n) is 1.09. The van der Waals surface area contributed by atoms with Gasteiger partial charge in [-0.15, -0.1) is 0 Å². The highest BCUT2D eigenvalue weighted by atomic mass is 32.2. The Balaban J connectivity index is 3.25. The summed E-state index contributed by atoms with van der Waals surface area (Å²) in [5, 5.41) is 9.01. The number of hydrogen-bond acceptors (Lipinski definition) is 6. The van der Waals surface area contributed by atoms with Crippen LogP contribution in [0.25, 0.3) is 0 Å². The van der Waals surface area contributed by atoms with Crippen LogP contribution in [0.3, 0.4) is 0 Å². The van der Waals surface area contributed by atoms with Crippen LogP contribution in [0.2, 0.25) is 0 Å². The molecule has 0 unspecified atom stereocenters. The van der Waals surface area contributed by atoms with Crippen LogP contribution in [0, 0.1) is 0 Å². The third-order valence-electron chi connectivity index (χ3n) is 1.75. The third kappa shape index (κ3) is 2.50. The molecule has 1 amide bonds. The van der Waals surface area contributed by atoms with Gasteiger partial charge < -0.3 is 16.0 Å². The Kier molecular flexibility index (Phi) is 4.17. The molecule has 0 aromatic carbocycles. The van der Waals surface area contributed by atoms with Crippen molar-refractivity contribution in [2.24, 2.45) is 0 Å². The number of hydrogen-bond donors (Lipinski definition) is 3. The Labute approximate surface area is 92.3 Å². The highest BCUT2D eigenvalue weighted by Crippen LogP contribution is 2.28. The highest BCUT2D eigenvalue weighted by Gasteiger charge is 2.11. The number of amides is 1. The molecule has 0 bridgehead atoms. The second-order valence-corrected chi connectivity index (χ2v) is 3.32. The van der Waals surface area contributed by atoms with E-state index >= 15 is 0 Å². The molecule has 1 aromatic rings.